The van der Waals surface area contributed by atoms with Crippen LogP contribution in [0.2, 0.25) is 0 Å². The van der Waals surface area contributed by atoms with Crippen molar-refractivity contribution in [3.8, 4) is 0 Å². The number of hydrogen-bond donors (Lipinski definition) is 3. The van der Waals surface area contributed by atoms with Gasteiger partial charge in [0.25, 0.3) is 5.91 Å². The molecule has 0 spiro atoms. The summed E-state index contributed by atoms with van der Waals surface area (Å²) in [7, 11) is 0. The first-order chi connectivity index (χ1) is 12.4. The van der Waals surface area contributed by atoms with Gasteiger partial charge in [0.2, 0.25) is 0 Å². The van der Waals surface area contributed by atoms with Crippen molar-refractivity contribution >= 4 is 28.7 Å². The summed E-state index contributed by atoms with van der Waals surface area (Å²) in [5, 5.41) is 21.7. The van der Waals surface area contributed by atoms with Gasteiger partial charge in [0.15, 0.2) is 5.76 Å². The molecule has 1 amide bonds. The summed E-state index contributed by atoms with van der Waals surface area (Å²) in [5.41, 5.74) is 6.64. The zero-order valence-corrected chi connectivity index (χ0v) is 14.4. The van der Waals surface area contributed by atoms with Crippen molar-refractivity contribution < 1.29 is 19.1 Å². The van der Waals surface area contributed by atoms with Crippen LogP contribution in [0.4, 0.5) is 0 Å². The van der Waals surface area contributed by atoms with Crippen molar-refractivity contribution in [1.82, 2.24) is 5.32 Å². The summed E-state index contributed by atoms with van der Waals surface area (Å²) >= 11 is 0. The molecule has 0 bridgehead atoms. The fraction of sp³-hybridized carbons (Fsp3) is 0.421. The Kier molecular flexibility index (Phi) is 5.25. The number of nitrogens with one attached hydrogen (secondary N) is 2. The first-order valence-electron chi connectivity index (χ1n) is 8.81. The summed E-state index contributed by atoms with van der Waals surface area (Å²) in [6.07, 6.45) is 4.21. The molecule has 26 heavy (non-hydrogen) atoms. The molecule has 1 aliphatic carbocycles. The molecule has 1 fully saturated rings. The Bertz CT molecular complexity index is 834. The van der Waals surface area contributed by atoms with Crippen LogP contribution in [0.3, 0.4) is 0 Å². The maximum absolute atomic E-state index is 12.4. The third kappa shape index (κ3) is 4.22. The maximum Gasteiger partial charge on any atom is 0.287 e. The lowest BCUT2D eigenvalue weighted by Crippen LogP contribution is -2.37. The lowest BCUT2D eigenvalue weighted by atomic mass is 9.83. The third-order valence-electron chi connectivity index (χ3n) is 4.99. The summed E-state index contributed by atoms with van der Waals surface area (Å²) in [5.74, 6) is -0.673. The van der Waals surface area contributed by atoms with Crippen LogP contribution in [0.5, 0.6) is 0 Å². The van der Waals surface area contributed by atoms with Crippen molar-refractivity contribution in [2.45, 2.75) is 44.6 Å². The largest absolute Gasteiger partial charge is 0.550 e. The molecule has 1 aromatic heterocycles. The highest BCUT2D eigenvalue weighted by atomic mass is 16.4. The predicted octanol–water partition coefficient (Wildman–Crippen LogP) is 1.54. The van der Waals surface area contributed by atoms with Crippen LogP contribution in [-0.4, -0.2) is 23.8 Å². The van der Waals surface area contributed by atoms with Crippen LogP contribution in [0.15, 0.2) is 28.7 Å². The number of nitrogen functional groups attached to an aromatic ring is 1. The number of carbonyl (C=O) groups is 2. The summed E-state index contributed by atoms with van der Waals surface area (Å²) < 4.78 is 5.60. The van der Waals surface area contributed by atoms with Gasteiger partial charge >= 0.3 is 0 Å². The van der Waals surface area contributed by atoms with Gasteiger partial charge in [-0.1, -0.05) is 0 Å². The van der Waals surface area contributed by atoms with Crippen LogP contribution in [0.1, 0.15) is 54.6 Å². The van der Waals surface area contributed by atoms with E-state index in [2.05, 4.69) is 5.32 Å². The minimum absolute atomic E-state index is 0.0328. The molecule has 1 heterocycles. The number of carboxylic acid groups (broad SMARTS) is 1. The molecule has 7 nitrogen and oxygen atoms in total. The molecule has 0 unspecified atom stereocenters. The van der Waals surface area contributed by atoms with E-state index in [0.717, 1.165) is 31.1 Å². The number of carbonyl (C=O) groups excluding carboxylic acids is 2. The van der Waals surface area contributed by atoms with Crippen molar-refractivity contribution in [3.05, 3.63) is 35.6 Å². The molecular formula is C19H22N3O4-. The van der Waals surface area contributed by atoms with Gasteiger partial charge in [0.1, 0.15) is 11.4 Å². The van der Waals surface area contributed by atoms with E-state index in [1.54, 1.807) is 24.3 Å². The fourth-order valence-electron chi connectivity index (χ4n) is 3.50. The summed E-state index contributed by atoms with van der Waals surface area (Å²) in [4.78, 5) is 23.0. The highest BCUT2D eigenvalue weighted by Gasteiger charge is 2.23. The second-order valence-corrected chi connectivity index (χ2v) is 6.88. The van der Waals surface area contributed by atoms with Crippen LogP contribution >= 0.6 is 0 Å². The zero-order chi connectivity index (χ0) is 18.7. The first-order valence-corrected chi connectivity index (χ1v) is 8.81. The lowest BCUT2D eigenvalue weighted by Gasteiger charge is -2.29. The van der Waals surface area contributed by atoms with Gasteiger partial charge in [-0.2, -0.15) is 0 Å². The smallest absolute Gasteiger partial charge is 0.287 e. The van der Waals surface area contributed by atoms with Crippen molar-refractivity contribution in [1.29, 1.82) is 5.41 Å². The van der Waals surface area contributed by atoms with Crippen molar-refractivity contribution in [3.63, 3.8) is 0 Å². The number of benzene rings is 1. The SMILES string of the molecule is N=C(N)c1ccc2oc(C(=O)NC3CCC(CCC(=O)[O-])CC3)cc2c1. The van der Waals surface area contributed by atoms with E-state index in [-0.39, 0.29) is 30.0 Å². The predicted molar refractivity (Wildman–Crippen MR) is 94.7 cm³/mol. The Morgan fingerprint density at radius 1 is 1.23 bits per heavy atom. The van der Waals surface area contributed by atoms with E-state index in [1.807, 2.05) is 0 Å². The van der Waals surface area contributed by atoms with Crippen LogP contribution in [0, 0.1) is 11.3 Å². The molecule has 3 rings (SSSR count). The number of amidine groups is 1. The van der Waals surface area contributed by atoms with Crippen LogP contribution < -0.4 is 16.2 Å². The average molecular weight is 356 g/mol. The second-order valence-electron chi connectivity index (χ2n) is 6.88. The van der Waals surface area contributed by atoms with Crippen molar-refractivity contribution in [2.75, 3.05) is 0 Å². The molecule has 138 valence electrons. The average Bonchev–Trinajstić information content (AvgIpc) is 3.04. The number of amides is 1. The molecule has 0 aliphatic heterocycles. The first kappa shape index (κ1) is 18.0. The van der Waals surface area contributed by atoms with Crippen LogP contribution in [-0.2, 0) is 4.79 Å². The number of carboxylic acids is 1. The van der Waals surface area contributed by atoms with E-state index >= 15 is 0 Å². The standard InChI is InChI=1S/C19H23N3O4/c20-18(21)12-4-7-15-13(9-12)10-16(26-15)19(25)22-14-5-1-11(2-6-14)3-8-17(23)24/h4,7,9-11,14H,1-3,5-6,8H2,(H3,20,21)(H,22,25)(H,23,24)/p-1. The molecule has 0 radical (unpaired) electrons. The topological polar surface area (TPSA) is 132 Å². The molecule has 0 saturated heterocycles. The maximum atomic E-state index is 12.4. The van der Waals surface area contributed by atoms with Gasteiger partial charge in [0, 0.05) is 23.0 Å². The Morgan fingerprint density at radius 3 is 2.62 bits per heavy atom. The molecule has 1 aromatic carbocycles. The van der Waals surface area contributed by atoms with E-state index in [9.17, 15) is 14.7 Å². The minimum Gasteiger partial charge on any atom is -0.550 e. The number of hydrogen-bond acceptors (Lipinski definition) is 5. The number of nitrogens with two attached hydrogens (primary N) is 1. The quantitative estimate of drug-likeness (QED) is 0.533. The van der Waals surface area contributed by atoms with Gasteiger partial charge in [-0.05, 0) is 68.7 Å². The molecule has 1 aliphatic rings. The van der Waals surface area contributed by atoms with Gasteiger partial charge in [-0.3, -0.25) is 10.2 Å². The number of aliphatic carboxylic acids is 1. The molecule has 4 N–H and O–H groups in total. The van der Waals surface area contributed by atoms with Gasteiger partial charge in [-0.15, -0.1) is 0 Å². The normalized spacial score (nSPS) is 20.0. The highest BCUT2D eigenvalue weighted by molar-refractivity contribution is 6.00. The molecule has 2 aromatic rings. The molecule has 1 saturated carbocycles. The fourth-order valence-corrected chi connectivity index (χ4v) is 3.50. The number of rotatable bonds is 6. The summed E-state index contributed by atoms with van der Waals surface area (Å²) in [6, 6.07) is 6.83. The van der Waals surface area contributed by atoms with Gasteiger partial charge in [0.05, 0.1) is 0 Å². The second kappa shape index (κ2) is 7.59. The third-order valence-corrected chi connectivity index (χ3v) is 4.99. The Morgan fingerprint density at radius 2 is 1.96 bits per heavy atom. The zero-order valence-electron chi connectivity index (χ0n) is 14.4. The Labute approximate surface area is 151 Å². The van der Waals surface area contributed by atoms with Crippen molar-refractivity contribution in [2.24, 2.45) is 11.7 Å². The molecular weight excluding hydrogens is 334 g/mol. The van der Waals surface area contributed by atoms with Gasteiger partial charge < -0.3 is 25.4 Å². The molecule has 0 atom stereocenters. The summed E-state index contributed by atoms with van der Waals surface area (Å²) in [6.45, 7) is 0. The highest BCUT2D eigenvalue weighted by Crippen LogP contribution is 2.28. The van der Waals surface area contributed by atoms with Crippen LogP contribution in [0.25, 0.3) is 11.0 Å². The number of fused-ring (bicyclic) bond motifs is 1. The van der Waals surface area contributed by atoms with E-state index in [1.165, 1.54) is 0 Å². The molecule has 7 heteroatoms. The van der Waals surface area contributed by atoms with E-state index in [0.29, 0.717) is 23.5 Å². The number of furan rings is 1. The monoisotopic (exact) mass is 356 g/mol. The lowest BCUT2D eigenvalue weighted by molar-refractivity contribution is -0.306. The van der Waals surface area contributed by atoms with E-state index < -0.39 is 5.97 Å². The minimum atomic E-state index is -1.00. The Hall–Kier alpha value is -2.83. The van der Waals surface area contributed by atoms with E-state index in [4.69, 9.17) is 15.6 Å². The Balaban J connectivity index is 1.58. The van der Waals surface area contributed by atoms with Gasteiger partial charge in [-0.25, -0.2) is 0 Å².